The third kappa shape index (κ3) is 5.58. The minimum Gasteiger partial charge on any atom is -0.494 e. The zero-order valence-electron chi connectivity index (χ0n) is 18.1. The summed E-state index contributed by atoms with van der Waals surface area (Å²) in [5.74, 6) is 1.99. The second kappa shape index (κ2) is 8.97. The first-order valence-corrected chi connectivity index (χ1v) is 10.6. The Balaban J connectivity index is 1.48. The summed E-state index contributed by atoms with van der Waals surface area (Å²) in [7, 11) is 0. The van der Waals surface area contributed by atoms with Crippen molar-refractivity contribution < 1.29 is 14.1 Å². The van der Waals surface area contributed by atoms with E-state index in [1.54, 1.807) is 6.92 Å². The number of nitrogens with zero attached hydrogens (tertiary/aromatic N) is 2. The Kier molecular flexibility index (Phi) is 6.60. The van der Waals surface area contributed by atoms with Gasteiger partial charge in [-0.25, -0.2) is 0 Å². The van der Waals surface area contributed by atoms with Crippen LogP contribution in [-0.4, -0.2) is 22.7 Å². The largest absolute Gasteiger partial charge is 0.494 e. The lowest BCUT2D eigenvalue weighted by molar-refractivity contribution is -0.124. The second-order valence-electron chi connectivity index (χ2n) is 9.05. The maximum absolute atomic E-state index is 12.6. The highest BCUT2D eigenvalue weighted by Gasteiger charge is 2.39. The van der Waals surface area contributed by atoms with E-state index >= 15 is 0 Å². The second-order valence-corrected chi connectivity index (χ2v) is 9.05. The highest BCUT2D eigenvalue weighted by atomic mass is 16.5. The molecule has 29 heavy (non-hydrogen) atoms. The van der Waals surface area contributed by atoms with Gasteiger partial charge in [-0.2, -0.15) is 4.98 Å². The van der Waals surface area contributed by atoms with Crippen molar-refractivity contribution >= 4 is 5.91 Å². The van der Waals surface area contributed by atoms with E-state index in [0.29, 0.717) is 31.2 Å². The number of ether oxygens (including phenoxy) is 1. The van der Waals surface area contributed by atoms with Gasteiger partial charge < -0.3 is 14.6 Å². The number of rotatable bonds is 7. The van der Waals surface area contributed by atoms with Crippen LogP contribution in [-0.2, 0) is 15.7 Å². The maximum atomic E-state index is 12.6. The molecule has 1 aliphatic carbocycles. The lowest BCUT2D eigenvalue weighted by Crippen LogP contribution is -2.48. The lowest BCUT2D eigenvalue weighted by Gasteiger charge is -2.35. The first-order valence-electron chi connectivity index (χ1n) is 10.6. The van der Waals surface area contributed by atoms with Crippen molar-refractivity contribution in [1.29, 1.82) is 0 Å². The van der Waals surface area contributed by atoms with E-state index in [1.165, 1.54) is 12.0 Å². The van der Waals surface area contributed by atoms with E-state index in [2.05, 4.69) is 48.4 Å². The molecule has 1 heterocycles. The molecule has 0 saturated heterocycles. The molecule has 1 saturated carbocycles. The van der Waals surface area contributed by atoms with Gasteiger partial charge in [0.1, 0.15) is 11.3 Å². The molecule has 2 aromatic rings. The Morgan fingerprint density at radius 1 is 1.17 bits per heavy atom. The summed E-state index contributed by atoms with van der Waals surface area (Å²) in [6.07, 6.45) is 6.08. The monoisotopic (exact) mass is 399 g/mol. The number of carbonyl (C=O) groups is 1. The fourth-order valence-corrected chi connectivity index (χ4v) is 3.86. The van der Waals surface area contributed by atoms with E-state index in [0.717, 1.165) is 31.4 Å². The standard InChI is InChI=1S/C23H33N3O3/c1-17-24-21(26-29-17)23(14-6-5-7-15-23)25-20(27)9-8-16-28-19-12-10-18(11-13-19)22(2,3)4/h10-13H,5-9,14-16H2,1-4H3,(H,25,27). The Morgan fingerprint density at radius 2 is 1.86 bits per heavy atom. The van der Waals surface area contributed by atoms with Gasteiger partial charge in [0.05, 0.1) is 6.61 Å². The predicted octanol–water partition coefficient (Wildman–Crippen LogP) is 4.81. The predicted molar refractivity (Wildman–Crippen MR) is 112 cm³/mol. The Hall–Kier alpha value is -2.37. The molecule has 0 atom stereocenters. The number of nitrogens with one attached hydrogen (secondary N) is 1. The molecular formula is C23H33N3O3. The summed E-state index contributed by atoms with van der Waals surface area (Å²) < 4.78 is 11.0. The highest BCUT2D eigenvalue weighted by molar-refractivity contribution is 5.76. The van der Waals surface area contributed by atoms with Crippen LogP contribution in [0.5, 0.6) is 5.75 Å². The molecular weight excluding hydrogens is 366 g/mol. The molecule has 6 nitrogen and oxygen atoms in total. The quantitative estimate of drug-likeness (QED) is 0.676. The van der Waals surface area contributed by atoms with E-state index < -0.39 is 5.54 Å². The molecule has 0 radical (unpaired) electrons. The minimum absolute atomic E-state index is 0.0148. The van der Waals surface area contributed by atoms with Crippen LogP contribution in [0.2, 0.25) is 0 Å². The molecule has 0 bridgehead atoms. The third-order valence-electron chi connectivity index (χ3n) is 5.58. The minimum atomic E-state index is -0.489. The fraction of sp³-hybridized carbons (Fsp3) is 0.609. The van der Waals surface area contributed by atoms with E-state index in [-0.39, 0.29) is 11.3 Å². The summed E-state index contributed by atoms with van der Waals surface area (Å²) in [4.78, 5) is 17.0. The summed E-state index contributed by atoms with van der Waals surface area (Å²) in [6, 6.07) is 8.19. The van der Waals surface area contributed by atoms with Crippen LogP contribution >= 0.6 is 0 Å². The van der Waals surface area contributed by atoms with Crippen molar-refractivity contribution in [2.75, 3.05) is 6.61 Å². The van der Waals surface area contributed by atoms with Crippen molar-refractivity contribution in [2.24, 2.45) is 0 Å². The topological polar surface area (TPSA) is 77.2 Å². The number of hydrogen-bond acceptors (Lipinski definition) is 5. The molecule has 0 spiro atoms. The Morgan fingerprint density at radius 3 is 2.45 bits per heavy atom. The number of aryl methyl sites for hydroxylation is 1. The molecule has 158 valence electrons. The zero-order valence-corrected chi connectivity index (χ0v) is 18.1. The van der Waals surface area contributed by atoms with Crippen molar-refractivity contribution in [3.05, 3.63) is 41.5 Å². The van der Waals surface area contributed by atoms with Crippen LogP contribution in [0.4, 0.5) is 0 Å². The molecule has 6 heteroatoms. The van der Waals surface area contributed by atoms with Gasteiger partial charge in [-0.15, -0.1) is 0 Å². The number of amides is 1. The lowest BCUT2D eigenvalue weighted by atomic mass is 9.81. The van der Waals surface area contributed by atoms with Crippen LogP contribution in [0.25, 0.3) is 0 Å². The van der Waals surface area contributed by atoms with E-state index in [4.69, 9.17) is 9.26 Å². The van der Waals surface area contributed by atoms with Crippen molar-refractivity contribution in [3.63, 3.8) is 0 Å². The highest BCUT2D eigenvalue weighted by Crippen LogP contribution is 2.35. The number of carbonyl (C=O) groups excluding carboxylic acids is 1. The van der Waals surface area contributed by atoms with Gasteiger partial charge in [-0.3, -0.25) is 4.79 Å². The Labute approximate surface area is 173 Å². The first-order chi connectivity index (χ1) is 13.8. The zero-order chi connectivity index (χ0) is 20.9. The van der Waals surface area contributed by atoms with Gasteiger partial charge in [0.25, 0.3) is 0 Å². The molecule has 1 fully saturated rings. The van der Waals surface area contributed by atoms with Crippen LogP contribution in [0.1, 0.15) is 83.0 Å². The van der Waals surface area contributed by atoms with Gasteiger partial charge in [0, 0.05) is 13.3 Å². The molecule has 1 aromatic carbocycles. The summed E-state index contributed by atoms with van der Waals surface area (Å²) in [6.45, 7) is 8.86. The van der Waals surface area contributed by atoms with Crippen molar-refractivity contribution in [2.45, 2.75) is 83.6 Å². The van der Waals surface area contributed by atoms with Gasteiger partial charge in [-0.05, 0) is 42.4 Å². The summed E-state index contributed by atoms with van der Waals surface area (Å²) >= 11 is 0. The summed E-state index contributed by atoms with van der Waals surface area (Å²) in [5, 5.41) is 7.30. The number of benzene rings is 1. The smallest absolute Gasteiger partial charge is 0.223 e. The molecule has 1 N–H and O–H groups in total. The molecule has 1 amide bonds. The van der Waals surface area contributed by atoms with Gasteiger partial charge >= 0.3 is 0 Å². The van der Waals surface area contributed by atoms with Crippen LogP contribution in [0.15, 0.2) is 28.8 Å². The number of hydrogen-bond donors (Lipinski definition) is 1. The van der Waals surface area contributed by atoms with Crippen LogP contribution in [0, 0.1) is 6.92 Å². The van der Waals surface area contributed by atoms with Gasteiger partial charge in [0.2, 0.25) is 11.8 Å². The van der Waals surface area contributed by atoms with Gasteiger partial charge in [-0.1, -0.05) is 57.3 Å². The maximum Gasteiger partial charge on any atom is 0.223 e. The Bertz CT molecular complexity index is 800. The average Bonchev–Trinajstić information content (AvgIpc) is 3.13. The molecule has 1 aromatic heterocycles. The van der Waals surface area contributed by atoms with Crippen molar-refractivity contribution in [1.82, 2.24) is 15.5 Å². The van der Waals surface area contributed by atoms with Crippen molar-refractivity contribution in [3.8, 4) is 5.75 Å². The molecule has 0 aliphatic heterocycles. The average molecular weight is 400 g/mol. The summed E-state index contributed by atoms with van der Waals surface area (Å²) in [5.41, 5.74) is 0.915. The normalized spacial score (nSPS) is 16.4. The van der Waals surface area contributed by atoms with Gasteiger partial charge in [0.15, 0.2) is 5.82 Å². The first kappa shape index (κ1) is 21.3. The van der Waals surface area contributed by atoms with E-state index in [9.17, 15) is 4.79 Å². The molecule has 1 aliphatic rings. The SMILES string of the molecule is Cc1nc(C2(NC(=O)CCCOc3ccc(C(C)(C)C)cc3)CCCCC2)no1. The van der Waals surface area contributed by atoms with Crippen LogP contribution in [0.3, 0.4) is 0 Å². The third-order valence-corrected chi connectivity index (χ3v) is 5.58. The number of aromatic nitrogens is 2. The van der Waals surface area contributed by atoms with E-state index in [1.807, 2.05) is 12.1 Å². The molecule has 3 rings (SSSR count). The molecule has 0 unspecified atom stereocenters. The fourth-order valence-electron chi connectivity index (χ4n) is 3.86. The van der Waals surface area contributed by atoms with Crippen LogP contribution < -0.4 is 10.1 Å².